The minimum absolute atomic E-state index is 0.516. The van der Waals surface area contributed by atoms with Crippen molar-refractivity contribution in [2.24, 2.45) is 11.8 Å². The second kappa shape index (κ2) is 3.11. The molecule has 1 saturated heterocycles. The van der Waals surface area contributed by atoms with Gasteiger partial charge in [0.05, 0.1) is 6.10 Å². The first-order chi connectivity index (χ1) is 5.38. The normalized spacial score (nSPS) is 43.9. The molecule has 2 bridgehead atoms. The molecule has 2 aliphatic rings. The van der Waals surface area contributed by atoms with Gasteiger partial charge in [0.2, 0.25) is 0 Å². The smallest absolute Gasteiger partial charge is 0.0578 e. The molecule has 0 N–H and O–H groups in total. The van der Waals surface area contributed by atoms with Crippen LogP contribution in [0.15, 0.2) is 0 Å². The van der Waals surface area contributed by atoms with Gasteiger partial charge in [-0.1, -0.05) is 0 Å². The lowest BCUT2D eigenvalue weighted by atomic mass is 9.79. The lowest BCUT2D eigenvalue weighted by molar-refractivity contribution is -0.0633. The Hall–Kier alpha value is -0.0800. The first kappa shape index (κ1) is 7.56. The van der Waals surface area contributed by atoms with Gasteiger partial charge in [-0.15, -0.1) is 0 Å². The SMILES string of the molecule is COC1CC2COCC(C2)C1. The van der Waals surface area contributed by atoms with Crippen LogP contribution < -0.4 is 0 Å². The average Bonchev–Trinajstić information content (AvgIpc) is 2.03. The molecule has 0 aromatic carbocycles. The van der Waals surface area contributed by atoms with E-state index in [0.29, 0.717) is 6.10 Å². The van der Waals surface area contributed by atoms with Crippen LogP contribution in [0.25, 0.3) is 0 Å². The average molecular weight is 156 g/mol. The van der Waals surface area contributed by atoms with Gasteiger partial charge in [0.15, 0.2) is 0 Å². The number of methoxy groups -OCH3 is 1. The van der Waals surface area contributed by atoms with Crippen LogP contribution in [-0.4, -0.2) is 26.4 Å². The summed E-state index contributed by atoms with van der Waals surface area (Å²) in [5, 5.41) is 0. The van der Waals surface area contributed by atoms with Gasteiger partial charge in [-0.25, -0.2) is 0 Å². The van der Waals surface area contributed by atoms with Crippen molar-refractivity contribution in [2.75, 3.05) is 20.3 Å². The molecule has 1 aliphatic carbocycles. The van der Waals surface area contributed by atoms with E-state index in [9.17, 15) is 0 Å². The molecule has 11 heavy (non-hydrogen) atoms. The molecule has 2 heteroatoms. The van der Waals surface area contributed by atoms with Gasteiger partial charge < -0.3 is 9.47 Å². The highest BCUT2D eigenvalue weighted by atomic mass is 16.5. The second-order valence-electron chi connectivity index (χ2n) is 3.83. The van der Waals surface area contributed by atoms with Crippen LogP contribution >= 0.6 is 0 Å². The van der Waals surface area contributed by atoms with E-state index in [1.165, 1.54) is 19.3 Å². The summed E-state index contributed by atoms with van der Waals surface area (Å²) in [4.78, 5) is 0. The maximum absolute atomic E-state index is 5.47. The van der Waals surface area contributed by atoms with E-state index >= 15 is 0 Å². The van der Waals surface area contributed by atoms with Crippen molar-refractivity contribution in [3.8, 4) is 0 Å². The fourth-order valence-corrected chi connectivity index (χ4v) is 2.37. The highest BCUT2D eigenvalue weighted by Crippen LogP contribution is 2.34. The van der Waals surface area contributed by atoms with Crippen LogP contribution in [0.1, 0.15) is 19.3 Å². The van der Waals surface area contributed by atoms with Crippen LogP contribution in [0.3, 0.4) is 0 Å². The molecule has 0 aromatic rings. The fraction of sp³-hybridized carbons (Fsp3) is 1.00. The van der Waals surface area contributed by atoms with E-state index in [0.717, 1.165) is 25.0 Å². The monoisotopic (exact) mass is 156 g/mol. The van der Waals surface area contributed by atoms with Gasteiger partial charge in [-0.2, -0.15) is 0 Å². The molecule has 1 aliphatic heterocycles. The Morgan fingerprint density at radius 2 is 1.73 bits per heavy atom. The maximum Gasteiger partial charge on any atom is 0.0578 e. The Morgan fingerprint density at radius 3 is 2.27 bits per heavy atom. The van der Waals surface area contributed by atoms with Crippen molar-refractivity contribution in [3.05, 3.63) is 0 Å². The predicted molar refractivity (Wildman–Crippen MR) is 42.4 cm³/mol. The van der Waals surface area contributed by atoms with E-state index in [1.807, 2.05) is 7.11 Å². The standard InChI is InChI=1S/C9H16O2/c1-10-9-3-7-2-8(4-9)6-11-5-7/h7-9H,2-6H2,1H3. The summed E-state index contributed by atoms with van der Waals surface area (Å²) < 4.78 is 10.8. The van der Waals surface area contributed by atoms with Crippen molar-refractivity contribution in [1.82, 2.24) is 0 Å². The molecule has 2 fully saturated rings. The Morgan fingerprint density at radius 1 is 1.09 bits per heavy atom. The first-order valence-electron chi connectivity index (χ1n) is 4.49. The zero-order chi connectivity index (χ0) is 7.68. The third-order valence-corrected chi connectivity index (χ3v) is 2.90. The van der Waals surface area contributed by atoms with E-state index in [1.54, 1.807) is 0 Å². The molecule has 0 radical (unpaired) electrons. The Labute approximate surface area is 67.9 Å². The van der Waals surface area contributed by atoms with Crippen LogP contribution in [0, 0.1) is 11.8 Å². The zero-order valence-electron chi connectivity index (χ0n) is 7.08. The van der Waals surface area contributed by atoms with Gasteiger partial charge in [0, 0.05) is 20.3 Å². The highest BCUT2D eigenvalue weighted by Gasteiger charge is 2.32. The molecule has 2 unspecified atom stereocenters. The van der Waals surface area contributed by atoms with Gasteiger partial charge in [0.25, 0.3) is 0 Å². The van der Waals surface area contributed by atoms with Crippen LogP contribution in [0.2, 0.25) is 0 Å². The van der Waals surface area contributed by atoms with Gasteiger partial charge >= 0.3 is 0 Å². The third kappa shape index (κ3) is 1.57. The zero-order valence-corrected chi connectivity index (χ0v) is 7.08. The Balaban J connectivity index is 1.94. The molecule has 2 rings (SSSR count). The second-order valence-corrected chi connectivity index (χ2v) is 3.83. The Kier molecular flexibility index (Phi) is 2.14. The summed E-state index contributed by atoms with van der Waals surface area (Å²) in [6.45, 7) is 1.94. The summed E-state index contributed by atoms with van der Waals surface area (Å²) in [6.07, 6.45) is 4.32. The summed E-state index contributed by atoms with van der Waals surface area (Å²) in [6, 6.07) is 0. The Bertz CT molecular complexity index is 124. The largest absolute Gasteiger partial charge is 0.381 e. The van der Waals surface area contributed by atoms with Crippen LogP contribution in [0.5, 0.6) is 0 Å². The molecule has 1 saturated carbocycles. The van der Waals surface area contributed by atoms with Gasteiger partial charge in [-0.05, 0) is 31.1 Å². The molecule has 1 heterocycles. The maximum atomic E-state index is 5.47. The van der Waals surface area contributed by atoms with Crippen LogP contribution in [0.4, 0.5) is 0 Å². The molecular weight excluding hydrogens is 140 g/mol. The molecule has 2 nitrogen and oxygen atoms in total. The summed E-state index contributed by atoms with van der Waals surface area (Å²) in [5.41, 5.74) is 0. The number of fused-ring (bicyclic) bond motifs is 2. The first-order valence-corrected chi connectivity index (χ1v) is 4.49. The fourth-order valence-electron chi connectivity index (χ4n) is 2.37. The van der Waals surface area contributed by atoms with E-state index < -0.39 is 0 Å². The molecule has 0 aromatic heterocycles. The lowest BCUT2D eigenvalue weighted by Gasteiger charge is -2.38. The van der Waals surface area contributed by atoms with E-state index in [2.05, 4.69) is 0 Å². The topological polar surface area (TPSA) is 18.5 Å². The quantitative estimate of drug-likeness (QED) is 0.572. The van der Waals surface area contributed by atoms with E-state index in [-0.39, 0.29) is 0 Å². The van der Waals surface area contributed by atoms with Crippen molar-refractivity contribution >= 4 is 0 Å². The third-order valence-electron chi connectivity index (χ3n) is 2.90. The summed E-state index contributed by atoms with van der Waals surface area (Å²) in [7, 11) is 1.83. The molecule has 0 amide bonds. The predicted octanol–water partition coefficient (Wildman–Crippen LogP) is 1.45. The number of rotatable bonds is 1. The summed E-state index contributed by atoms with van der Waals surface area (Å²) in [5.74, 6) is 1.57. The number of ether oxygens (including phenoxy) is 2. The molecule has 0 spiro atoms. The number of hydrogen-bond donors (Lipinski definition) is 0. The number of hydrogen-bond acceptors (Lipinski definition) is 2. The van der Waals surface area contributed by atoms with Crippen molar-refractivity contribution in [3.63, 3.8) is 0 Å². The minimum Gasteiger partial charge on any atom is -0.381 e. The van der Waals surface area contributed by atoms with Gasteiger partial charge in [0.1, 0.15) is 0 Å². The minimum atomic E-state index is 0.516. The van der Waals surface area contributed by atoms with Crippen LogP contribution in [-0.2, 0) is 9.47 Å². The van der Waals surface area contributed by atoms with Crippen molar-refractivity contribution in [2.45, 2.75) is 25.4 Å². The summed E-state index contributed by atoms with van der Waals surface area (Å²) >= 11 is 0. The molecular formula is C9H16O2. The van der Waals surface area contributed by atoms with Gasteiger partial charge in [-0.3, -0.25) is 0 Å². The molecule has 2 atom stereocenters. The molecule has 64 valence electrons. The highest BCUT2D eigenvalue weighted by molar-refractivity contribution is 4.82. The van der Waals surface area contributed by atoms with E-state index in [4.69, 9.17) is 9.47 Å². The van der Waals surface area contributed by atoms with Crippen molar-refractivity contribution < 1.29 is 9.47 Å². The van der Waals surface area contributed by atoms with Crippen molar-refractivity contribution in [1.29, 1.82) is 0 Å². The lowest BCUT2D eigenvalue weighted by Crippen LogP contribution is -2.36.